The first kappa shape index (κ1) is 29.8. The maximum atomic E-state index is 13.4. The van der Waals surface area contributed by atoms with E-state index >= 15 is 0 Å². The van der Waals surface area contributed by atoms with Crippen molar-refractivity contribution in [3.63, 3.8) is 0 Å². The number of rotatable bonds is 12. The molecular weight excluding hydrogens is 496 g/mol. The van der Waals surface area contributed by atoms with Gasteiger partial charge in [0, 0.05) is 12.3 Å². The highest BCUT2D eigenvalue weighted by Crippen LogP contribution is 2.21. The number of methoxy groups -OCH3 is 3. The molecule has 2 rings (SSSR count). The van der Waals surface area contributed by atoms with Gasteiger partial charge in [-0.2, -0.15) is 0 Å². The summed E-state index contributed by atoms with van der Waals surface area (Å²) in [5.41, 5.74) is 1.48. The molecule has 0 spiro atoms. The summed E-state index contributed by atoms with van der Waals surface area (Å²) < 4.78 is 19.4. The van der Waals surface area contributed by atoms with Crippen LogP contribution in [0.3, 0.4) is 0 Å². The Morgan fingerprint density at radius 1 is 0.711 bits per heavy atom. The lowest BCUT2D eigenvalue weighted by Crippen LogP contribution is -2.56. The van der Waals surface area contributed by atoms with Crippen LogP contribution in [0.15, 0.2) is 60.7 Å². The van der Waals surface area contributed by atoms with Crippen LogP contribution in [-0.4, -0.2) is 63.3 Å². The van der Waals surface area contributed by atoms with Crippen LogP contribution in [0.4, 0.5) is 4.79 Å². The molecule has 0 saturated heterocycles. The number of alkyl carbamates (subject to hydrolysis) is 1. The first-order chi connectivity index (χ1) is 18.2. The maximum Gasteiger partial charge on any atom is 0.408 e. The highest BCUT2D eigenvalue weighted by molar-refractivity contribution is 5.97. The Hall–Kier alpha value is -4.41. The first-order valence-corrected chi connectivity index (χ1v) is 11.8. The Kier molecular flexibility index (Phi) is 11.8. The second-order valence-corrected chi connectivity index (χ2v) is 8.34. The quantitative estimate of drug-likeness (QED) is 0.239. The van der Waals surface area contributed by atoms with Crippen molar-refractivity contribution in [2.75, 3.05) is 21.3 Å². The normalized spacial score (nSPS) is 12.9. The summed E-state index contributed by atoms with van der Waals surface area (Å²) in [4.78, 5) is 63.2. The van der Waals surface area contributed by atoms with Gasteiger partial charge in [0.05, 0.1) is 21.3 Å². The summed E-state index contributed by atoms with van der Waals surface area (Å²) in [7, 11) is 3.26. The number of carbonyl (C=O) groups is 5. The number of nitrogens with one attached hydrogen (secondary N) is 2. The minimum atomic E-state index is -1.52. The summed E-state index contributed by atoms with van der Waals surface area (Å²) in [6.45, 7) is 1.38. The minimum Gasteiger partial charge on any atom is -0.468 e. The lowest BCUT2D eigenvalue weighted by atomic mass is 9.87. The van der Waals surface area contributed by atoms with Gasteiger partial charge in [0.1, 0.15) is 18.7 Å². The summed E-state index contributed by atoms with van der Waals surface area (Å²) in [5, 5.41) is 5.03. The molecule has 0 aliphatic heterocycles. The van der Waals surface area contributed by atoms with Crippen LogP contribution in [0.25, 0.3) is 0 Å². The number of hydrogen-bond acceptors (Lipinski definition) is 9. The summed E-state index contributed by atoms with van der Waals surface area (Å²) in [5.74, 6) is -6.21. The summed E-state index contributed by atoms with van der Waals surface area (Å²) in [6.07, 6.45) is -0.790. The molecule has 3 atom stereocenters. The molecule has 0 aliphatic rings. The van der Waals surface area contributed by atoms with E-state index in [4.69, 9.17) is 9.47 Å². The Balaban J connectivity index is 2.26. The van der Waals surface area contributed by atoms with Crippen LogP contribution in [-0.2, 0) is 51.2 Å². The molecule has 0 heterocycles. The molecule has 204 valence electrons. The van der Waals surface area contributed by atoms with E-state index in [-0.39, 0.29) is 13.0 Å². The molecule has 2 aromatic carbocycles. The maximum absolute atomic E-state index is 13.4. The Morgan fingerprint density at radius 2 is 1.21 bits per heavy atom. The van der Waals surface area contributed by atoms with Gasteiger partial charge in [-0.3, -0.25) is 14.4 Å². The van der Waals surface area contributed by atoms with Gasteiger partial charge in [0.15, 0.2) is 5.92 Å². The van der Waals surface area contributed by atoms with E-state index in [9.17, 15) is 24.0 Å². The van der Waals surface area contributed by atoms with Crippen LogP contribution in [0.5, 0.6) is 0 Å². The molecule has 0 saturated carbocycles. The first-order valence-electron chi connectivity index (χ1n) is 11.8. The molecule has 11 nitrogen and oxygen atoms in total. The van der Waals surface area contributed by atoms with Crippen LogP contribution < -0.4 is 10.6 Å². The summed E-state index contributed by atoms with van der Waals surface area (Å²) in [6, 6.07) is 15.2. The van der Waals surface area contributed by atoms with E-state index < -0.39 is 53.8 Å². The topological polar surface area (TPSA) is 146 Å². The molecule has 11 heteroatoms. The van der Waals surface area contributed by atoms with Crippen molar-refractivity contribution in [2.24, 2.45) is 11.8 Å². The molecule has 2 aromatic rings. The molecule has 0 fully saturated rings. The number of benzene rings is 2. The van der Waals surface area contributed by atoms with Gasteiger partial charge in [-0.1, -0.05) is 67.6 Å². The van der Waals surface area contributed by atoms with Crippen molar-refractivity contribution in [1.29, 1.82) is 0 Å². The highest BCUT2D eigenvalue weighted by Gasteiger charge is 2.43. The van der Waals surface area contributed by atoms with Gasteiger partial charge in [-0.15, -0.1) is 0 Å². The lowest BCUT2D eigenvalue weighted by molar-refractivity contribution is -0.163. The lowest BCUT2D eigenvalue weighted by Gasteiger charge is -2.28. The van der Waals surface area contributed by atoms with Gasteiger partial charge in [0.25, 0.3) is 0 Å². The molecule has 0 bridgehead atoms. The third-order valence-electron chi connectivity index (χ3n) is 5.82. The van der Waals surface area contributed by atoms with Gasteiger partial charge in [-0.25, -0.2) is 9.59 Å². The Labute approximate surface area is 220 Å². The highest BCUT2D eigenvalue weighted by atomic mass is 16.6. The second-order valence-electron chi connectivity index (χ2n) is 8.34. The predicted molar refractivity (Wildman–Crippen MR) is 134 cm³/mol. The number of amides is 2. The molecule has 0 radical (unpaired) electrons. The van der Waals surface area contributed by atoms with Gasteiger partial charge in [0.2, 0.25) is 5.91 Å². The Morgan fingerprint density at radius 3 is 1.71 bits per heavy atom. The number of carbonyl (C=O) groups excluding carboxylic acids is 5. The third-order valence-corrected chi connectivity index (χ3v) is 5.82. The average Bonchev–Trinajstić information content (AvgIpc) is 2.94. The molecule has 0 aliphatic carbocycles. The van der Waals surface area contributed by atoms with Gasteiger partial charge < -0.3 is 29.6 Å². The van der Waals surface area contributed by atoms with Crippen molar-refractivity contribution in [2.45, 2.75) is 32.0 Å². The van der Waals surface area contributed by atoms with E-state index in [2.05, 4.69) is 20.1 Å². The van der Waals surface area contributed by atoms with Crippen molar-refractivity contribution < 1.29 is 42.9 Å². The molecule has 0 unspecified atom stereocenters. The van der Waals surface area contributed by atoms with E-state index in [1.54, 1.807) is 54.6 Å². The largest absolute Gasteiger partial charge is 0.468 e. The average molecular weight is 529 g/mol. The van der Waals surface area contributed by atoms with E-state index in [1.165, 1.54) is 6.92 Å². The summed E-state index contributed by atoms with van der Waals surface area (Å²) >= 11 is 0. The fourth-order valence-corrected chi connectivity index (χ4v) is 3.72. The molecular formula is C27H32N2O9. The van der Waals surface area contributed by atoms with E-state index in [0.29, 0.717) is 0 Å². The standard InChI is InChI=1S/C27H32N2O9/c1-17(21(24(31)35-2)25(32)36-3)22(26(33)37-4)29-23(30)20(15-18-11-7-5-8-12-18)28-27(34)38-16-19-13-9-6-10-14-19/h5-14,17,20-22H,15-16H2,1-4H3,(H,28,34)(H,29,30)/t17-,20-,22-/m1/s1. The number of ether oxygens (including phenoxy) is 4. The molecule has 0 aromatic heterocycles. The fourth-order valence-electron chi connectivity index (χ4n) is 3.72. The van der Waals surface area contributed by atoms with Gasteiger partial charge in [-0.05, 0) is 11.1 Å². The zero-order valence-electron chi connectivity index (χ0n) is 21.7. The van der Waals surface area contributed by atoms with Crippen LogP contribution in [0, 0.1) is 11.8 Å². The smallest absolute Gasteiger partial charge is 0.408 e. The van der Waals surface area contributed by atoms with Crippen molar-refractivity contribution in [3.05, 3.63) is 71.8 Å². The molecule has 38 heavy (non-hydrogen) atoms. The van der Waals surface area contributed by atoms with E-state index in [1.807, 2.05) is 6.07 Å². The zero-order valence-corrected chi connectivity index (χ0v) is 21.7. The van der Waals surface area contributed by atoms with E-state index in [0.717, 1.165) is 32.5 Å². The van der Waals surface area contributed by atoms with Crippen LogP contribution in [0.1, 0.15) is 18.1 Å². The predicted octanol–water partition coefficient (Wildman–Crippen LogP) is 1.78. The SMILES string of the molecule is COC(=O)C(C(=O)OC)[C@@H](C)[C@@H](NC(=O)[C@@H](Cc1ccccc1)NC(=O)OCc1ccccc1)C(=O)OC. The zero-order chi connectivity index (χ0) is 28.1. The fraction of sp³-hybridized carbons (Fsp3) is 0.370. The van der Waals surface area contributed by atoms with Crippen LogP contribution >= 0.6 is 0 Å². The van der Waals surface area contributed by atoms with Crippen molar-refractivity contribution in [1.82, 2.24) is 10.6 Å². The molecule has 2 N–H and O–H groups in total. The van der Waals surface area contributed by atoms with Crippen LogP contribution in [0.2, 0.25) is 0 Å². The van der Waals surface area contributed by atoms with Crippen molar-refractivity contribution in [3.8, 4) is 0 Å². The monoisotopic (exact) mass is 528 g/mol. The Bertz CT molecular complexity index is 1080. The number of esters is 3. The van der Waals surface area contributed by atoms with Gasteiger partial charge >= 0.3 is 24.0 Å². The third kappa shape index (κ3) is 8.61. The second kappa shape index (κ2) is 15.0. The number of hydrogen-bond donors (Lipinski definition) is 2. The minimum absolute atomic E-state index is 0.0197. The molecule has 2 amide bonds. The van der Waals surface area contributed by atoms with Crippen molar-refractivity contribution >= 4 is 29.9 Å².